The number of hydrogen-bond acceptors (Lipinski definition) is 3. The van der Waals surface area contributed by atoms with Gasteiger partial charge in [-0.25, -0.2) is 4.79 Å². The summed E-state index contributed by atoms with van der Waals surface area (Å²) in [7, 11) is 1.58. The lowest BCUT2D eigenvalue weighted by molar-refractivity contribution is 0.246. The van der Waals surface area contributed by atoms with Gasteiger partial charge in [0, 0.05) is 10.7 Å². The predicted octanol–water partition coefficient (Wildman–Crippen LogP) is 3.55. The highest BCUT2D eigenvalue weighted by atomic mass is 35.5. The summed E-state index contributed by atoms with van der Waals surface area (Å²) < 4.78 is 10.7. The summed E-state index contributed by atoms with van der Waals surface area (Å²) in [5, 5.41) is 6.03. The molecule has 0 aliphatic rings. The summed E-state index contributed by atoms with van der Waals surface area (Å²) in [6.07, 6.45) is 0. The van der Waals surface area contributed by atoms with Crippen LogP contribution < -0.4 is 20.1 Å². The van der Waals surface area contributed by atoms with Crippen LogP contribution in [0.1, 0.15) is 0 Å². The fourth-order valence-corrected chi connectivity index (χ4v) is 1.90. The van der Waals surface area contributed by atoms with Crippen LogP contribution in [0.2, 0.25) is 5.02 Å². The van der Waals surface area contributed by atoms with Crippen LogP contribution >= 0.6 is 11.6 Å². The number of halogens is 1. The molecule has 2 aromatic rings. The molecule has 0 saturated heterocycles. The first-order valence-corrected chi connectivity index (χ1v) is 7.13. The van der Waals surface area contributed by atoms with E-state index in [1.54, 1.807) is 31.4 Å². The highest BCUT2D eigenvalue weighted by Crippen LogP contribution is 2.25. The second-order valence-corrected chi connectivity index (χ2v) is 4.82. The maximum Gasteiger partial charge on any atom is 0.319 e. The Morgan fingerprint density at radius 3 is 2.45 bits per heavy atom. The highest BCUT2D eigenvalue weighted by molar-refractivity contribution is 6.30. The lowest BCUT2D eigenvalue weighted by Gasteiger charge is -2.11. The molecule has 0 radical (unpaired) electrons. The van der Waals surface area contributed by atoms with Crippen molar-refractivity contribution in [1.29, 1.82) is 0 Å². The molecule has 0 heterocycles. The number of hydrogen-bond donors (Lipinski definition) is 2. The van der Waals surface area contributed by atoms with Crippen LogP contribution in [0.3, 0.4) is 0 Å². The minimum Gasteiger partial charge on any atom is -0.493 e. The van der Waals surface area contributed by atoms with Crippen molar-refractivity contribution >= 4 is 23.3 Å². The molecule has 116 valence electrons. The molecule has 0 bridgehead atoms. The number of methoxy groups -OCH3 is 1. The van der Waals surface area contributed by atoms with Gasteiger partial charge in [0.05, 0.1) is 13.7 Å². The summed E-state index contributed by atoms with van der Waals surface area (Å²) in [4.78, 5) is 11.7. The van der Waals surface area contributed by atoms with Crippen molar-refractivity contribution in [1.82, 2.24) is 5.32 Å². The summed E-state index contributed by atoms with van der Waals surface area (Å²) in [5.74, 6) is 1.30. The van der Waals surface area contributed by atoms with E-state index < -0.39 is 0 Å². The lowest BCUT2D eigenvalue weighted by Crippen LogP contribution is -2.32. The predicted molar refractivity (Wildman–Crippen MR) is 87.0 cm³/mol. The van der Waals surface area contributed by atoms with E-state index in [1.807, 2.05) is 24.3 Å². The van der Waals surface area contributed by atoms with Gasteiger partial charge in [-0.3, -0.25) is 0 Å². The quantitative estimate of drug-likeness (QED) is 0.800. The number of urea groups is 1. The van der Waals surface area contributed by atoms with E-state index in [0.29, 0.717) is 35.4 Å². The third kappa shape index (κ3) is 4.86. The number of nitrogens with one attached hydrogen (secondary N) is 2. The van der Waals surface area contributed by atoms with Gasteiger partial charge in [0.1, 0.15) is 6.61 Å². The molecule has 0 saturated carbocycles. The fraction of sp³-hybridized carbons (Fsp3) is 0.188. The minimum absolute atomic E-state index is 0.300. The third-order valence-electron chi connectivity index (χ3n) is 2.82. The zero-order valence-corrected chi connectivity index (χ0v) is 12.9. The standard InChI is InChI=1S/C16H17ClN2O3/c1-21-14-4-2-3-5-15(14)22-11-10-18-16(20)19-13-8-6-12(17)7-9-13/h2-9H,10-11H2,1H3,(H2,18,19,20). The molecule has 0 aliphatic heterocycles. The Morgan fingerprint density at radius 2 is 1.77 bits per heavy atom. The zero-order chi connectivity index (χ0) is 15.8. The van der Waals surface area contributed by atoms with Gasteiger partial charge in [-0.05, 0) is 36.4 Å². The van der Waals surface area contributed by atoms with Gasteiger partial charge in [-0.2, -0.15) is 0 Å². The summed E-state index contributed by atoms with van der Waals surface area (Å²) >= 11 is 5.78. The summed E-state index contributed by atoms with van der Waals surface area (Å²) in [6.45, 7) is 0.714. The molecule has 2 N–H and O–H groups in total. The number of amides is 2. The number of carbonyl (C=O) groups is 1. The Kier molecular flexibility index (Phi) is 5.91. The molecule has 0 spiro atoms. The molecule has 5 nitrogen and oxygen atoms in total. The minimum atomic E-state index is -0.300. The largest absolute Gasteiger partial charge is 0.493 e. The van der Waals surface area contributed by atoms with Gasteiger partial charge >= 0.3 is 6.03 Å². The smallest absolute Gasteiger partial charge is 0.319 e. The van der Waals surface area contributed by atoms with E-state index in [-0.39, 0.29) is 6.03 Å². The highest BCUT2D eigenvalue weighted by Gasteiger charge is 2.04. The van der Waals surface area contributed by atoms with Crippen molar-refractivity contribution in [2.24, 2.45) is 0 Å². The van der Waals surface area contributed by atoms with Crippen LogP contribution in [0, 0.1) is 0 Å². The SMILES string of the molecule is COc1ccccc1OCCNC(=O)Nc1ccc(Cl)cc1. The van der Waals surface area contributed by atoms with E-state index >= 15 is 0 Å². The van der Waals surface area contributed by atoms with Crippen LogP contribution in [0.25, 0.3) is 0 Å². The Morgan fingerprint density at radius 1 is 1.09 bits per heavy atom. The number of ether oxygens (including phenoxy) is 2. The second kappa shape index (κ2) is 8.14. The van der Waals surface area contributed by atoms with Gasteiger partial charge in [0.15, 0.2) is 11.5 Å². The molecule has 0 fully saturated rings. The van der Waals surface area contributed by atoms with Crippen molar-refractivity contribution in [3.8, 4) is 11.5 Å². The first-order valence-electron chi connectivity index (χ1n) is 6.75. The van der Waals surface area contributed by atoms with Crippen LogP contribution in [0.5, 0.6) is 11.5 Å². The molecule has 0 unspecified atom stereocenters. The van der Waals surface area contributed by atoms with Crippen molar-refractivity contribution in [2.45, 2.75) is 0 Å². The number of carbonyl (C=O) groups excluding carboxylic acids is 1. The van der Waals surface area contributed by atoms with E-state index in [0.717, 1.165) is 0 Å². The molecule has 22 heavy (non-hydrogen) atoms. The Hall–Kier alpha value is -2.40. The van der Waals surface area contributed by atoms with Crippen LogP contribution in [-0.4, -0.2) is 26.3 Å². The van der Waals surface area contributed by atoms with E-state index in [4.69, 9.17) is 21.1 Å². The molecule has 0 aliphatic carbocycles. The van der Waals surface area contributed by atoms with Gasteiger partial charge < -0.3 is 20.1 Å². The first-order chi connectivity index (χ1) is 10.7. The molecule has 0 aromatic heterocycles. The number of benzene rings is 2. The van der Waals surface area contributed by atoms with Gasteiger partial charge in [-0.1, -0.05) is 23.7 Å². The Bertz CT molecular complexity index is 617. The van der Waals surface area contributed by atoms with Crippen molar-refractivity contribution < 1.29 is 14.3 Å². The fourth-order valence-electron chi connectivity index (χ4n) is 1.77. The van der Waals surface area contributed by atoms with E-state index in [2.05, 4.69) is 10.6 Å². The molecule has 6 heteroatoms. The molecule has 2 rings (SSSR count). The van der Waals surface area contributed by atoms with Crippen LogP contribution in [0.4, 0.5) is 10.5 Å². The van der Waals surface area contributed by atoms with Gasteiger partial charge in [-0.15, -0.1) is 0 Å². The average molecular weight is 321 g/mol. The topological polar surface area (TPSA) is 59.6 Å². The average Bonchev–Trinajstić information content (AvgIpc) is 2.54. The van der Waals surface area contributed by atoms with Gasteiger partial charge in [0.2, 0.25) is 0 Å². The maximum absolute atomic E-state index is 11.7. The molecule has 0 atom stereocenters. The third-order valence-corrected chi connectivity index (χ3v) is 3.07. The summed E-state index contributed by atoms with van der Waals surface area (Å²) in [5.41, 5.74) is 0.674. The number of para-hydroxylation sites is 2. The monoisotopic (exact) mass is 320 g/mol. The van der Waals surface area contributed by atoms with Gasteiger partial charge in [0.25, 0.3) is 0 Å². The molecular formula is C16H17ClN2O3. The van der Waals surface area contributed by atoms with Crippen LogP contribution in [-0.2, 0) is 0 Å². The molecular weight excluding hydrogens is 304 g/mol. The lowest BCUT2D eigenvalue weighted by atomic mass is 10.3. The van der Waals surface area contributed by atoms with Crippen molar-refractivity contribution in [2.75, 3.05) is 25.6 Å². The Labute approximate surface area is 134 Å². The Balaban J connectivity index is 1.72. The zero-order valence-electron chi connectivity index (χ0n) is 12.1. The van der Waals surface area contributed by atoms with E-state index in [1.165, 1.54) is 0 Å². The molecule has 2 amide bonds. The van der Waals surface area contributed by atoms with Crippen molar-refractivity contribution in [3.63, 3.8) is 0 Å². The number of rotatable bonds is 6. The maximum atomic E-state index is 11.7. The number of anilines is 1. The first kappa shape index (κ1) is 16.0. The summed E-state index contributed by atoms with van der Waals surface area (Å²) in [6, 6.07) is 13.9. The molecule has 2 aromatic carbocycles. The normalized spacial score (nSPS) is 9.91. The second-order valence-electron chi connectivity index (χ2n) is 4.39. The van der Waals surface area contributed by atoms with Crippen molar-refractivity contribution in [3.05, 3.63) is 53.6 Å². The van der Waals surface area contributed by atoms with E-state index in [9.17, 15) is 4.79 Å². The van der Waals surface area contributed by atoms with Crippen LogP contribution in [0.15, 0.2) is 48.5 Å².